The van der Waals surface area contributed by atoms with Gasteiger partial charge in [0.25, 0.3) is 0 Å². The molecule has 0 saturated heterocycles. The summed E-state index contributed by atoms with van der Waals surface area (Å²) in [6.45, 7) is 1.95. The van der Waals surface area contributed by atoms with Crippen molar-refractivity contribution in [3.8, 4) is 0 Å². The Hall–Kier alpha value is -1.10. The first kappa shape index (κ1) is 14.0. The SMILES string of the molecule is COC(=O)C1(C(=O)N(C)C)C[C@H](CO)[C@@H](C)C1. The second-order valence-electron chi connectivity index (χ2n) is 5.10. The Morgan fingerprint density at radius 3 is 2.35 bits per heavy atom. The lowest BCUT2D eigenvalue weighted by Crippen LogP contribution is -2.45. The molecule has 1 amide bonds. The molecular weight excluding hydrogens is 222 g/mol. The van der Waals surface area contributed by atoms with E-state index in [-0.39, 0.29) is 24.3 Å². The molecule has 1 aliphatic carbocycles. The van der Waals surface area contributed by atoms with Crippen LogP contribution in [0.3, 0.4) is 0 Å². The van der Waals surface area contributed by atoms with Gasteiger partial charge in [-0.15, -0.1) is 0 Å². The predicted octanol–water partition coefficient (Wildman–Crippen LogP) is 0.272. The maximum absolute atomic E-state index is 12.2. The number of aliphatic hydroxyl groups is 1. The summed E-state index contributed by atoms with van der Waals surface area (Å²) in [5.41, 5.74) is -1.11. The van der Waals surface area contributed by atoms with E-state index in [1.807, 2.05) is 6.92 Å². The first-order valence-electron chi connectivity index (χ1n) is 5.80. The Bertz CT molecular complexity index is 316. The van der Waals surface area contributed by atoms with Gasteiger partial charge in [-0.05, 0) is 24.7 Å². The maximum atomic E-state index is 12.2. The standard InChI is InChI=1S/C12H21NO4/c1-8-5-12(11(16)17-4,6-9(8)7-14)10(15)13(2)3/h8-9,14H,5-7H2,1-4H3/t8-,9+,12?/m0/s1. The van der Waals surface area contributed by atoms with Crippen molar-refractivity contribution in [1.29, 1.82) is 0 Å². The molecule has 0 spiro atoms. The Labute approximate surface area is 102 Å². The van der Waals surface area contributed by atoms with Crippen LogP contribution in [-0.4, -0.2) is 49.7 Å². The minimum atomic E-state index is -1.11. The van der Waals surface area contributed by atoms with Crippen molar-refractivity contribution in [2.45, 2.75) is 19.8 Å². The normalized spacial score (nSPS) is 32.3. The van der Waals surface area contributed by atoms with Crippen LogP contribution in [0.5, 0.6) is 0 Å². The number of methoxy groups -OCH3 is 1. The van der Waals surface area contributed by atoms with Gasteiger partial charge in [0.05, 0.1) is 7.11 Å². The van der Waals surface area contributed by atoms with E-state index >= 15 is 0 Å². The van der Waals surface area contributed by atoms with Gasteiger partial charge in [-0.1, -0.05) is 6.92 Å². The second kappa shape index (κ2) is 5.04. The van der Waals surface area contributed by atoms with E-state index in [0.717, 1.165) is 0 Å². The lowest BCUT2D eigenvalue weighted by atomic mass is 9.83. The van der Waals surface area contributed by atoms with Crippen molar-refractivity contribution in [3.63, 3.8) is 0 Å². The van der Waals surface area contributed by atoms with Crippen molar-refractivity contribution in [3.05, 3.63) is 0 Å². The highest BCUT2D eigenvalue weighted by atomic mass is 16.5. The van der Waals surface area contributed by atoms with E-state index in [1.54, 1.807) is 14.1 Å². The molecule has 5 nitrogen and oxygen atoms in total. The zero-order valence-electron chi connectivity index (χ0n) is 10.9. The van der Waals surface area contributed by atoms with E-state index < -0.39 is 11.4 Å². The van der Waals surface area contributed by atoms with Crippen LogP contribution in [0.2, 0.25) is 0 Å². The first-order valence-corrected chi connectivity index (χ1v) is 5.80. The Kier molecular flexibility index (Phi) is 4.14. The highest BCUT2D eigenvalue weighted by molar-refractivity contribution is 6.02. The third kappa shape index (κ3) is 2.29. The summed E-state index contributed by atoms with van der Waals surface area (Å²) in [6, 6.07) is 0. The molecule has 0 aliphatic heterocycles. The van der Waals surface area contributed by atoms with Gasteiger partial charge in [0.2, 0.25) is 5.91 Å². The number of amides is 1. The fourth-order valence-electron chi connectivity index (χ4n) is 2.74. The van der Waals surface area contributed by atoms with E-state index in [0.29, 0.717) is 12.8 Å². The zero-order valence-corrected chi connectivity index (χ0v) is 10.9. The molecule has 17 heavy (non-hydrogen) atoms. The van der Waals surface area contributed by atoms with Gasteiger partial charge in [0.1, 0.15) is 5.41 Å². The molecule has 1 rings (SSSR count). The molecule has 0 heterocycles. The number of carbonyl (C=O) groups excluding carboxylic acids is 2. The summed E-state index contributed by atoms with van der Waals surface area (Å²) in [7, 11) is 4.55. The summed E-state index contributed by atoms with van der Waals surface area (Å²) in [4.78, 5) is 25.6. The van der Waals surface area contributed by atoms with Crippen molar-refractivity contribution in [2.24, 2.45) is 17.3 Å². The summed E-state index contributed by atoms with van der Waals surface area (Å²) < 4.78 is 4.78. The fraction of sp³-hybridized carbons (Fsp3) is 0.833. The number of nitrogens with zero attached hydrogens (tertiary/aromatic N) is 1. The van der Waals surface area contributed by atoms with Crippen molar-refractivity contribution in [2.75, 3.05) is 27.8 Å². The number of esters is 1. The Morgan fingerprint density at radius 1 is 1.41 bits per heavy atom. The van der Waals surface area contributed by atoms with Gasteiger partial charge in [-0.25, -0.2) is 0 Å². The van der Waals surface area contributed by atoms with Crippen LogP contribution in [0.1, 0.15) is 19.8 Å². The Morgan fingerprint density at radius 2 is 2.00 bits per heavy atom. The number of rotatable bonds is 3. The summed E-state index contributed by atoms with van der Waals surface area (Å²) in [5, 5.41) is 9.27. The average molecular weight is 243 g/mol. The number of hydrogen-bond acceptors (Lipinski definition) is 4. The van der Waals surface area contributed by atoms with Crippen LogP contribution < -0.4 is 0 Å². The van der Waals surface area contributed by atoms with Crippen molar-refractivity contribution in [1.82, 2.24) is 4.90 Å². The smallest absolute Gasteiger partial charge is 0.321 e. The van der Waals surface area contributed by atoms with Crippen LogP contribution >= 0.6 is 0 Å². The third-order valence-corrected chi connectivity index (χ3v) is 3.71. The number of carbonyl (C=O) groups is 2. The van der Waals surface area contributed by atoms with Crippen LogP contribution in [0.4, 0.5) is 0 Å². The van der Waals surface area contributed by atoms with E-state index in [9.17, 15) is 14.7 Å². The topological polar surface area (TPSA) is 66.8 Å². The third-order valence-electron chi connectivity index (χ3n) is 3.71. The maximum Gasteiger partial charge on any atom is 0.321 e. The van der Waals surface area contributed by atoms with E-state index in [4.69, 9.17) is 4.74 Å². The number of ether oxygens (including phenoxy) is 1. The largest absolute Gasteiger partial charge is 0.468 e. The number of hydrogen-bond donors (Lipinski definition) is 1. The van der Waals surface area contributed by atoms with Crippen molar-refractivity contribution >= 4 is 11.9 Å². The molecule has 0 bridgehead atoms. The molecule has 0 aromatic rings. The zero-order chi connectivity index (χ0) is 13.2. The van der Waals surface area contributed by atoms with Crippen LogP contribution in [0.25, 0.3) is 0 Å². The van der Waals surface area contributed by atoms with Gasteiger partial charge in [-0.2, -0.15) is 0 Å². The predicted molar refractivity (Wildman–Crippen MR) is 62.1 cm³/mol. The molecule has 1 saturated carbocycles. The average Bonchev–Trinajstić information content (AvgIpc) is 2.65. The molecular formula is C12H21NO4. The lowest BCUT2D eigenvalue weighted by molar-refractivity contribution is -0.162. The van der Waals surface area contributed by atoms with Gasteiger partial charge in [-0.3, -0.25) is 9.59 Å². The molecule has 0 aromatic carbocycles. The lowest BCUT2D eigenvalue weighted by Gasteiger charge is -2.28. The van der Waals surface area contributed by atoms with Gasteiger partial charge in [0.15, 0.2) is 0 Å². The molecule has 1 N–H and O–H groups in total. The highest BCUT2D eigenvalue weighted by Gasteiger charge is 2.55. The molecule has 1 fully saturated rings. The van der Waals surface area contributed by atoms with Crippen LogP contribution in [0, 0.1) is 17.3 Å². The molecule has 1 aliphatic rings. The second-order valence-corrected chi connectivity index (χ2v) is 5.10. The molecule has 0 aromatic heterocycles. The van der Waals surface area contributed by atoms with Gasteiger partial charge < -0.3 is 14.7 Å². The minimum Gasteiger partial charge on any atom is -0.468 e. The molecule has 1 unspecified atom stereocenters. The van der Waals surface area contributed by atoms with Crippen LogP contribution in [-0.2, 0) is 14.3 Å². The van der Waals surface area contributed by atoms with Gasteiger partial charge in [0, 0.05) is 20.7 Å². The summed E-state index contributed by atoms with van der Waals surface area (Å²) >= 11 is 0. The molecule has 98 valence electrons. The minimum absolute atomic E-state index is 0.000615. The van der Waals surface area contributed by atoms with E-state index in [1.165, 1.54) is 12.0 Å². The van der Waals surface area contributed by atoms with Crippen molar-refractivity contribution < 1.29 is 19.4 Å². The fourth-order valence-corrected chi connectivity index (χ4v) is 2.74. The monoisotopic (exact) mass is 243 g/mol. The quantitative estimate of drug-likeness (QED) is 0.571. The van der Waals surface area contributed by atoms with Crippen LogP contribution in [0.15, 0.2) is 0 Å². The first-order chi connectivity index (χ1) is 7.89. The Balaban J connectivity index is 3.06. The molecule has 5 heteroatoms. The molecule has 3 atom stereocenters. The number of aliphatic hydroxyl groups excluding tert-OH is 1. The van der Waals surface area contributed by atoms with Gasteiger partial charge >= 0.3 is 5.97 Å². The molecule has 0 radical (unpaired) electrons. The van der Waals surface area contributed by atoms with E-state index in [2.05, 4.69) is 0 Å². The summed E-state index contributed by atoms with van der Waals surface area (Å²) in [5.74, 6) is -0.591. The highest BCUT2D eigenvalue weighted by Crippen LogP contribution is 2.47. The summed E-state index contributed by atoms with van der Waals surface area (Å²) in [6.07, 6.45) is 0.816.